The molecule has 0 saturated carbocycles. The zero-order chi connectivity index (χ0) is 93.7. The van der Waals surface area contributed by atoms with E-state index in [4.69, 9.17) is 4.98 Å². The van der Waals surface area contributed by atoms with Gasteiger partial charge in [-0.3, -0.25) is 4.98 Å². The lowest BCUT2D eigenvalue weighted by atomic mass is 9.71. The van der Waals surface area contributed by atoms with E-state index in [1.54, 1.807) is 0 Å². The molecule has 662 valence electrons. The van der Waals surface area contributed by atoms with Gasteiger partial charge in [0.1, 0.15) is 0 Å². The minimum atomic E-state index is -0.148. The van der Waals surface area contributed by atoms with Crippen LogP contribution < -0.4 is 0 Å². The minimum absolute atomic E-state index is 0.113. The van der Waals surface area contributed by atoms with Gasteiger partial charge in [-0.1, -0.05) is 475 Å². The Morgan fingerprint density at radius 1 is 0.123 bits per heavy atom. The van der Waals surface area contributed by atoms with Crippen LogP contribution in [-0.2, 0) is 54.1 Å². The first-order valence-electron chi connectivity index (χ1n) is 47.5. The van der Waals surface area contributed by atoms with Crippen LogP contribution in [0.4, 0.5) is 0 Å². The second kappa shape index (κ2) is 34.5. The van der Waals surface area contributed by atoms with E-state index < -0.39 is 0 Å². The van der Waals surface area contributed by atoms with E-state index in [1.807, 2.05) is 12.3 Å². The van der Waals surface area contributed by atoms with Crippen LogP contribution in [0.2, 0.25) is 0 Å². The summed E-state index contributed by atoms with van der Waals surface area (Å²) in [7, 11) is 0. The maximum Gasteiger partial charge on any atom is 0.0702 e. The van der Waals surface area contributed by atoms with Gasteiger partial charge in [0.15, 0.2) is 0 Å². The predicted octanol–water partition coefficient (Wildman–Crippen LogP) is 37.4. The van der Waals surface area contributed by atoms with Gasteiger partial charge >= 0.3 is 0 Å². The first-order valence-corrected chi connectivity index (χ1v) is 47.5. The fourth-order valence-corrected chi connectivity index (χ4v) is 18.8. The van der Waals surface area contributed by atoms with Crippen molar-refractivity contribution >= 4 is 0 Å². The largest absolute Gasteiger partial charge is 0.256 e. The van der Waals surface area contributed by atoms with Crippen LogP contribution in [0, 0.1) is 0 Å². The molecule has 0 aliphatic carbocycles. The highest BCUT2D eigenvalue weighted by molar-refractivity contribution is 6.19. The molecule has 0 aliphatic rings. The number of hydrogen-bond donors (Lipinski definition) is 0. The van der Waals surface area contributed by atoms with Crippen molar-refractivity contribution in [2.45, 2.75) is 262 Å². The average Bonchev–Trinajstić information content (AvgIpc) is 0.708. The van der Waals surface area contributed by atoms with E-state index in [9.17, 15) is 0 Å². The first-order chi connectivity index (χ1) is 60.8. The third-order valence-electron chi connectivity index (χ3n) is 27.1. The van der Waals surface area contributed by atoms with E-state index in [2.05, 4.69) is 505 Å². The molecule has 0 bridgehead atoms. The highest BCUT2D eigenvalue weighted by Gasteiger charge is 2.36. The smallest absolute Gasteiger partial charge is 0.0702 e. The van der Waals surface area contributed by atoms with Gasteiger partial charge < -0.3 is 0 Å². The van der Waals surface area contributed by atoms with E-state index >= 15 is 0 Å². The quantitative estimate of drug-likeness (QED) is 0.106. The lowest BCUT2D eigenvalue weighted by molar-refractivity contribution is 0.590. The van der Waals surface area contributed by atoms with Gasteiger partial charge in [-0.05, 0) is 291 Å². The Bertz CT molecular complexity index is 5950. The minimum Gasteiger partial charge on any atom is -0.256 e. The Balaban J connectivity index is 1.29. The van der Waals surface area contributed by atoms with Crippen molar-refractivity contribution < 1.29 is 0 Å². The molecule has 1 nitrogen and oxygen atoms in total. The van der Waals surface area contributed by atoms with E-state index in [0.29, 0.717) is 0 Å². The van der Waals surface area contributed by atoms with Crippen LogP contribution in [0.15, 0.2) is 310 Å². The summed E-state index contributed by atoms with van der Waals surface area (Å²) < 4.78 is 0. The maximum atomic E-state index is 5.11. The highest BCUT2D eigenvalue weighted by Crippen LogP contribution is 2.61. The third kappa shape index (κ3) is 19.4. The Kier molecular flexibility index (Phi) is 24.7. The Morgan fingerprint density at radius 2 is 0.269 bits per heavy atom. The van der Waals surface area contributed by atoms with Gasteiger partial charge in [0, 0.05) is 11.8 Å². The summed E-state index contributed by atoms with van der Waals surface area (Å²) in [5.41, 5.74) is 42.9. The summed E-state index contributed by atoms with van der Waals surface area (Å²) in [5, 5.41) is 0. The molecule has 14 aromatic carbocycles. The van der Waals surface area contributed by atoms with Crippen LogP contribution in [-0.4, -0.2) is 4.98 Å². The number of aromatic nitrogens is 1. The Morgan fingerprint density at radius 3 is 0.423 bits per heavy atom. The molecule has 0 atom stereocenters. The molecule has 130 heavy (non-hydrogen) atoms. The summed E-state index contributed by atoms with van der Waals surface area (Å²) in [6, 6.07) is 121. The second-order valence-electron chi connectivity index (χ2n) is 47.4. The van der Waals surface area contributed by atoms with Gasteiger partial charge in [-0.25, -0.2) is 0 Å². The molecule has 0 fully saturated rings. The van der Waals surface area contributed by atoms with Gasteiger partial charge in [-0.15, -0.1) is 0 Å². The summed E-state index contributed by atoms with van der Waals surface area (Å²) in [6.45, 7) is 70.3. The first kappa shape index (κ1) is 92.9. The fourth-order valence-electron chi connectivity index (χ4n) is 18.8. The number of hydrogen-bond acceptors (Lipinski definition) is 1. The molecule has 15 aromatic rings. The molecule has 0 amide bonds. The summed E-state index contributed by atoms with van der Waals surface area (Å²) in [4.78, 5) is 5.11. The summed E-state index contributed by atoms with van der Waals surface area (Å²) >= 11 is 0. The van der Waals surface area contributed by atoms with Crippen LogP contribution in [0.5, 0.6) is 0 Å². The van der Waals surface area contributed by atoms with Gasteiger partial charge in [-0.2, -0.15) is 0 Å². The molecule has 1 heteroatoms. The van der Waals surface area contributed by atoms with Crippen LogP contribution in [0.3, 0.4) is 0 Å². The van der Waals surface area contributed by atoms with Gasteiger partial charge in [0.2, 0.25) is 0 Å². The SMILES string of the molecule is CC(C)(C)c1ccc(-c2c(-c3ccc(C(C)(C)C)cc3)c(-c3ccc(C(C)(C)C)cc3)c(-c3cc(-c4cccc(-c5ccccn5)c4)cc(-c4c(-c5ccc(C(C)(C)C)cc5)c(-c5ccc(C(C)(C)C)cc5)c(-c5ccc(C(C)(C)C)cc5)c(-c5ccc(C(C)(C)C)cc5)c4-c4ccc(C(C)(C)C)cc4)c3)c(-c3ccc(C(C)(C)C)cc3)c2-c2ccc(C(C)(C)C)cc2)cc1. The van der Waals surface area contributed by atoms with Crippen molar-refractivity contribution in [1.82, 2.24) is 4.98 Å². The Hall–Kier alpha value is -11.8. The van der Waals surface area contributed by atoms with E-state index in [0.717, 1.165) is 123 Å². The van der Waals surface area contributed by atoms with Crippen molar-refractivity contribution in [3.05, 3.63) is 365 Å². The average molecular weight is 1710 g/mol. The standard InChI is InChI=1S/C129H141N/c1-120(2,3)97-57-37-82(38-58-97)108-110(84-41-61-99(62-42-84)122(7,8)9)114(88-49-69-103(70-50-88)126(19,20)21)118(115(89-51-71-104(72-52-89)127(22,23)24)111(108)85-43-63-100(64-44-85)123(10,11)12)95-79-94(92-34-33-35-93(78-92)107-36-31-32-77-130-107)80-96(81-95)119-116(90-53-73-105(74-54-90)128(25,26)27)112(86-45-65-101(66-46-86)124(13,14)15)109(83-39-59-98(60-40-83)121(4,5)6)113(87-47-67-102(68-48-87)125(16,17)18)117(119)91-55-75-106(76-56-91)129(28,29)30/h31-81H,1-30H3. The molecule has 0 spiro atoms. The number of pyridine rings is 1. The number of rotatable bonds is 14. The highest BCUT2D eigenvalue weighted by atomic mass is 14.7. The van der Waals surface area contributed by atoms with Crippen molar-refractivity contribution in [2.24, 2.45) is 0 Å². The number of nitrogens with zero attached hydrogens (tertiary/aromatic N) is 1. The van der Waals surface area contributed by atoms with Gasteiger partial charge in [0.05, 0.1) is 5.69 Å². The molecule has 0 unspecified atom stereocenters. The van der Waals surface area contributed by atoms with Crippen LogP contribution in [0.25, 0.3) is 156 Å². The van der Waals surface area contributed by atoms with E-state index in [-0.39, 0.29) is 54.1 Å². The molecule has 0 radical (unpaired) electrons. The van der Waals surface area contributed by atoms with Gasteiger partial charge in [0.25, 0.3) is 0 Å². The number of benzene rings is 14. The van der Waals surface area contributed by atoms with Crippen LogP contribution >= 0.6 is 0 Å². The zero-order valence-corrected chi connectivity index (χ0v) is 83.9. The predicted molar refractivity (Wildman–Crippen MR) is 567 cm³/mol. The molecule has 1 heterocycles. The van der Waals surface area contributed by atoms with Crippen molar-refractivity contribution in [3.8, 4) is 156 Å². The molecule has 15 rings (SSSR count). The zero-order valence-electron chi connectivity index (χ0n) is 83.9. The Labute approximate surface area is 782 Å². The molecule has 0 aliphatic heterocycles. The third-order valence-corrected chi connectivity index (χ3v) is 27.1. The molecule has 1 aromatic heterocycles. The lowest BCUT2D eigenvalue weighted by Gasteiger charge is -2.32. The summed E-state index contributed by atoms with van der Waals surface area (Å²) in [5.74, 6) is 0. The maximum absolute atomic E-state index is 5.11. The second-order valence-corrected chi connectivity index (χ2v) is 47.4. The fraction of sp³-hybridized carbons (Fsp3) is 0.310. The topological polar surface area (TPSA) is 12.9 Å². The lowest BCUT2D eigenvalue weighted by Crippen LogP contribution is -2.12. The normalized spacial score (nSPS) is 12.8. The van der Waals surface area contributed by atoms with E-state index in [1.165, 1.54) is 89.0 Å². The van der Waals surface area contributed by atoms with Crippen molar-refractivity contribution in [1.29, 1.82) is 0 Å². The summed E-state index contributed by atoms with van der Waals surface area (Å²) in [6.07, 6.45) is 1.92. The van der Waals surface area contributed by atoms with Crippen molar-refractivity contribution in [3.63, 3.8) is 0 Å². The van der Waals surface area contributed by atoms with Crippen molar-refractivity contribution in [2.75, 3.05) is 0 Å². The monoisotopic (exact) mass is 1700 g/mol. The molecular weight excluding hydrogens is 1560 g/mol. The molecule has 0 saturated heterocycles. The molecular formula is C129H141N. The van der Waals surface area contributed by atoms with Crippen LogP contribution in [0.1, 0.15) is 263 Å². The molecule has 0 N–H and O–H groups in total.